The maximum Gasteiger partial charge on any atom is 0.256 e. The van der Waals surface area contributed by atoms with Crippen LogP contribution >= 0.6 is 11.6 Å². The van der Waals surface area contributed by atoms with Gasteiger partial charge in [0, 0.05) is 38.2 Å². The van der Waals surface area contributed by atoms with Gasteiger partial charge in [-0.2, -0.15) is 0 Å². The summed E-state index contributed by atoms with van der Waals surface area (Å²) >= 11 is 5.71. The number of hydrogen-bond acceptors (Lipinski definition) is 5. The van der Waals surface area contributed by atoms with E-state index >= 15 is 0 Å². The Morgan fingerprint density at radius 3 is 2.59 bits per heavy atom. The number of halogens is 2. The second-order valence-electron chi connectivity index (χ2n) is 5.01. The van der Waals surface area contributed by atoms with E-state index in [4.69, 9.17) is 11.6 Å². The highest BCUT2D eigenvalue weighted by atomic mass is 35.5. The molecule has 1 aromatic carbocycles. The minimum absolute atomic E-state index is 0.0400. The van der Waals surface area contributed by atoms with Gasteiger partial charge in [0.25, 0.3) is 5.91 Å². The van der Waals surface area contributed by atoms with Crippen LogP contribution in [0, 0.1) is 5.82 Å². The Hall–Kier alpha value is -2.22. The molecule has 0 aliphatic carbocycles. The molecule has 0 radical (unpaired) electrons. The van der Waals surface area contributed by atoms with Crippen LogP contribution in [0.4, 0.5) is 10.3 Å². The van der Waals surface area contributed by atoms with E-state index in [1.165, 1.54) is 12.1 Å². The first-order valence-electron chi connectivity index (χ1n) is 6.78. The summed E-state index contributed by atoms with van der Waals surface area (Å²) < 4.78 is 15.4. The van der Waals surface area contributed by atoms with E-state index < -0.39 is 5.82 Å². The molecule has 116 valence electrons. The topological polar surface area (TPSA) is 67.2 Å². The Bertz CT molecular complexity index is 698. The van der Waals surface area contributed by atoms with Crippen molar-refractivity contribution in [3.8, 4) is 0 Å². The van der Waals surface area contributed by atoms with Crippen LogP contribution in [0.25, 0.3) is 0 Å². The molecule has 1 aliphatic rings. The molecule has 2 aromatic rings. The number of tetrazole rings is 1. The van der Waals surface area contributed by atoms with Gasteiger partial charge in [0.05, 0.1) is 5.56 Å². The van der Waals surface area contributed by atoms with Gasteiger partial charge in [-0.3, -0.25) is 4.79 Å². The second-order valence-corrected chi connectivity index (χ2v) is 5.44. The highest BCUT2D eigenvalue weighted by molar-refractivity contribution is 6.30. The lowest BCUT2D eigenvalue weighted by molar-refractivity contribution is 0.0741. The van der Waals surface area contributed by atoms with E-state index in [0.717, 1.165) is 6.07 Å². The molecule has 22 heavy (non-hydrogen) atoms. The van der Waals surface area contributed by atoms with Crippen LogP contribution in [0.15, 0.2) is 18.2 Å². The van der Waals surface area contributed by atoms with Gasteiger partial charge in [0.2, 0.25) is 5.95 Å². The minimum Gasteiger partial charge on any atom is -0.336 e. The predicted molar refractivity (Wildman–Crippen MR) is 78.3 cm³/mol. The number of nitrogens with zero attached hydrogens (tertiary/aromatic N) is 6. The number of aromatic nitrogens is 4. The van der Waals surface area contributed by atoms with Crippen molar-refractivity contribution in [2.75, 3.05) is 31.1 Å². The standard InChI is InChI=1S/C13H14ClFN6O/c1-19-13(16-17-18-19)21-6-4-20(5-7-21)12(22)10-3-2-9(14)8-11(10)15/h2-3,8H,4-7H2,1H3. The van der Waals surface area contributed by atoms with Gasteiger partial charge >= 0.3 is 0 Å². The van der Waals surface area contributed by atoms with Crippen molar-refractivity contribution >= 4 is 23.5 Å². The monoisotopic (exact) mass is 324 g/mol. The molecule has 0 bridgehead atoms. The average Bonchev–Trinajstić information content (AvgIpc) is 2.93. The summed E-state index contributed by atoms with van der Waals surface area (Å²) in [5, 5.41) is 11.6. The normalized spacial score (nSPS) is 15.2. The largest absolute Gasteiger partial charge is 0.336 e. The summed E-state index contributed by atoms with van der Waals surface area (Å²) in [5.41, 5.74) is 0.0400. The number of hydrogen-bond donors (Lipinski definition) is 0. The molecule has 0 atom stereocenters. The highest BCUT2D eigenvalue weighted by Crippen LogP contribution is 2.18. The number of piperazine rings is 1. The Kier molecular flexibility index (Phi) is 3.93. The number of amides is 1. The molecule has 2 heterocycles. The maximum absolute atomic E-state index is 13.8. The summed E-state index contributed by atoms with van der Waals surface area (Å²) in [5.74, 6) is -0.271. The van der Waals surface area contributed by atoms with E-state index in [0.29, 0.717) is 32.1 Å². The van der Waals surface area contributed by atoms with Crippen LogP contribution < -0.4 is 4.90 Å². The number of anilines is 1. The van der Waals surface area contributed by atoms with E-state index in [-0.39, 0.29) is 16.5 Å². The van der Waals surface area contributed by atoms with Gasteiger partial charge in [0.1, 0.15) is 5.82 Å². The lowest BCUT2D eigenvalue weighted by Gasteiger charge is -2.34. The number of carbonyl (C=O) groups is 1. The molecule has 0 unspecified atom stereocenters. The molecule has 1 saturated heterocycles. The van der Waals surface area contributed by atoms with E-state index in [2.05, 4.69) is 15.5 Å². The molecule has 0 N–H and O–H groups in total. The molecule has 0 spiro atoms. The molecule has 3 rings (SSSR count). The first-order valence-corrected chi connectivity index (χ1v) is 7.15. The fraction of sp³-hybridized carbons (Fsp3) is 0.385. The summed E-state index contributed by atoms with van der Waals surface area (Å²) in [6.45, 7) is 2.14. The Morgan fingerprint density at radius 1 is 1.27 bits per heavy atom. The van der Waals surface area contributed by atoms with Crippen LogP contribution in [-0.2, 0) is 7.05 Å². The van der Waals surface area contributed by atoms with Crippen LogP contribution in [0.1, 0.15) is 10.4 Å². The zero-order chi connectivity index (χ0) is 15.7. The van der Waals surface area contributed by atoms with E-state index in [9.17, 15) is 9.18 Å². The predicted octanol–water partition coefficient (Wildman–Crippen LogP) is 0.965. The van der Waals surface area contributed by atoms with Crippen molar-refractivity contribution in [3.05, 3.63) is 34.6 Å². The van der Waals surface area contributed by atoms with Gasteiger partial charge in [-0.15, -0.1) is 0 Å². The zero-order valence-electron chi connectivity index (χ0n) is 11.9. The number of carbonyl (C=O) groups excluding carboxylic acids is 1. The van der Waals surface area contributed by atoms with Crippen molar-refractivity contribution in [2.45, 2.75) is 0 Å². The summed E-state index contributed by atoms with van der Waals surface area (Å²) in [4.78, 5) is 16.0. The van der Waals surface area contributed by atoms with Crippen molar-refractivity contribution in [2.24, 2.45) is 7.05 Å². The average molecular weight is 325 g/mol. The van der Waals surface area contributed by atoms with Crippen molar-refractivity contribution in [1.29, 1.82) is 0 Å². The lowest BCUT2D eigenvalue weighted by Crippen LogP contribution is -2.49. The molecular formula is C13H14ClFN6O. The fourth-order valence-electron chi connectivity index (χ4n) is 2.44. The van der Waals surface area contributed by atoms with E-state index in [1.54, 1.807) is 16.6 Å². The number of aryl methyl sites for hydroxylation is 1. The third kappa shape index (κ3) is 2.74. The van der Waals surface area contributed by atoms with Crippen molar-refractivity contribution in [3.63, 3.8) is 0 Å². The number of rotatable bonds is 2. The molecule has 1 aliphatic heterocycles. The molecule has 1 amide bonds. The van der Waals surface area contributed by atoms with Gasteiger partial charge in [0.15, 0.2) is 0 Å². The molecule has 1 fully saturated rings. The van der Waals surface area contributed by atoms with Crippen LogP contribution in [0.2, 0.25) is 5.02 Å². The lowest BCUT2D eigenvalue weighted by atomic mass is 10.1. The first kappa shape index (κ1) is 14.7. The second kappa shape index (κ2) is 5.88. The van der Waals surface area contributed by atoms with E-state index in [1.807, 2.05) is 4.90 Å². The van der Waals surface area contributed by atoms with Crippen LogP contribution in [0.3, 0.4) is 0 Å². The third-order valence-electron chi connectivity index (χ3n) is 3.61. The van der Waals surface area contributed by atoms with Gasteiger partial charge in [-0.25, -0.2) is 9.07 Å². The SMILES string of the molecule is Cn1nnnc1N1CCN(C(=O)c2ccc(Cl)cc2F)CC1. The van der Waals surface area contributed by atoms with Crippen molar-refractivity contribution in [1.82, 2.24) is 25.1 Å². The number of benzene rings is 1. The quantitative estimate of drug-likeness (QED) is 0.823. The molecular weight excluding hydrogens is 311 g/mol. The highest BCUT2D eigenvalue weighted by Gasteiger charge is 2.26. The van der Waals surface area contributed by atoms with Crippen LogP contribution in [-0.4, -0.2) is 57.2 Å². The Morgan fingerprint density at radius 2 is 2.00 bits per heavy atom. The molecule has 7 nitrogen and oxygen atoms in total. The smallest absolute Gasteiger partial charge is 0.256 e. The molecule has 1 aromatic heterocycles. The molecule has 0 saturated carbocycles. The van der Waals surface area contributed by atoms with Gasteiger partial charge in [-0.05, 0) is 28.6 Å². The third-order valence-corrected chi connectivity index (χ3v) is 3.84. The van der Waals surface area contributed by atoms with Crippen LogP contribution in [0.5, 0.6) is 0 Å². The summed E-state index contributed by atoms with van der Waals surface area (Å²) in [7, 11) is 1.76. The minimum atomic E-state index is -0.600. The zero-order valence-corrected chi connectivity index (χ0v) is 12.7. The van der Waals surface area contributed by atoms with Gasteiger partial charge in [-0.1, -0.05) is 16.7 Å². The summed E-state index contributed by atoms with van der Waals surface area (Å²) in [6, 6.07) is 4.08. The Labute approximate surface area is 131 Å². The first-order chi connectivity index (χ1) is 10.6. The van der Waals surface area contributed by atoms with Gasteiger partial charge < -0.3 is 9.80 Å². The maximum atomic E-state index is 13.8. The molecule has 9 heteroatoms. The summed E-state index contributed by atoms with van der Waals surface area (Å²) in [6.07, 6.45) is 0. The Balaban J connectivity index is 1.68. The fourth-order valence-corrected chi connectivity index (χ4v) is 2.59. The van der Waals surface area contributed by atoms with Crippen molar-refractivity contribution < 1.29 is 9.18 Å².